The number of aryl methyl sites for hydroxylation is 2. The molecule has 3 aromatic rings. The molecule has 0 bridgehead atoms. The molecule has 7 nitrogen and oxygen atoms in total. The summed E-state index contributed by atoms with van der Waals surface area (Å²) in [5, 5.41) is 9.05. The van der Waals surface area contributed by atoms with Gasteiger partial charge in [0, 0.05) is 38.1 Å². The van der Waals surface area contributed by atoms with Crippen LogP contribution in [0, 0.1) is 13.8 Å². The Labute approximate surface area is 163 Å². The summed E-state index contributed by atoms with van der Waals surface area (Å²) in [6, 6.07) is 7.25. The minimum atomic E-state index is -0.161. The van der Waals surface area contributed by atoms with Crippen LogP contribution in [0.25, 0.3) is 0 Å². The largest absolute Gasteiger partial charge is 0.470 e. The van der Waals surface area contributed by atoms with Gasteiger partial charge < -0.3 is 9.64 Å². The first-order valence-corrected chi connectivity index (χ1v) is 8.88. The molecule has 27 heavy (non-hydrogen) atoms. The van der Waals surface area contributed by atoms with Gasteiger partial charge >= 0.3 is 0 Å². The molecule has 2 heterocycles. The number of ether oxygens (including phenoxy) is 1. The van der Waals surface area contributed by atoms with Crippen LogP contribution in [0.5, 0.6) is 5.75 Å². The minimum absolute atomic E-state index is 0.161. The van der Waals surface area contributed by atoms with Crippen molar-refractivity contribution in [1.82, 2.24) is 24.5 Å². The predicted molar refractivity (Wildman–Crippen MR) is 103 cm³/mol. The molecule has 0 aliphatic rings. The average molecular weight is 388 g/mol. The zero-order valence-electron chi connectivity index (χ0n) is 15.8. The monoisotopic (exact) mass is 387 g/mol. The Hall–Kier alpha value is -2.80. The molecular weight excluding hydrogens is 366 g/mol. The normalized spacial score (nSPS) is 10.9. The fraction of sp³-hybridized carbons (Fsp3) is 0.316. The molecule has 3 rings (SSSR count). The fourth-order valence-corrected chi connectivity index (χ4v) is 2.80. The maximum atomic E-state index is 12.6. The van der Waals surface area contributed by atoms with E-state index in [1.165, 1.54) is 0 Å². The molecule has 0 spiro atoms. The predicted octanol–water partition coefficient (Wildman–Crippen LogP) is 3.20. The Morgan fingerprint density at radius 1 is 1.30 bits per heavy atom. The number of halogens is 1. The van der Waals surface area contributed by atoms with E-state index in [9.17, 15) is 4.79 Å². The third-order valence-corrected chi connectivity index (χ3v) is 4.70. The van der Waals surface area contributed by atoms with Gasteiger partial charge in [0.15, 0.2) is 12.4 Å². The lowest BCUT2D eigenvalue weighted by Gasteiger charge is -2.15. The van der Waals surface area contributed by atoms with Crippen LogP contribution in [0.1, 0.15) is 27.3 Å². The average Bonchev–Trinajstić information content (AvgIpc) is 3.24. The summed E-state index contributed by atoms with van der Waals surface area (Å²) in [6.45, 7) is 4.58. The summed E-state index contributed by atoms with van der Waals surface area (Å²) in [6.07, 6.45) is 3.48. The first-order chi connectivity index (χ1) is 12.8. The van der Waals surface area contributed by atoms with E-state index in [1.807, 2.05) is 33.0 Å². The van der Waals surface area contributed by atoms with E-state index in [0.717, 1.165) is 16.8 Å². The summed E-state index contributed by atoms with van der Waals surface area (Å²) < 4.78 is 9.06. The van der Waals surface area contributed by atoms with E-state index in [-0.39, 0.29) is 12.6 Å². The summed E-state index contributed by atoms with van der Waals surface area (Å²) in [5.74, 6) is 0.426. The lowest BCUT2D eigenvalue weighted by atomic mass is 10.2. The van der Waals surface area contributed by atoms with Crippen molar-refractivity contribution < 1.29 is 9.53 Å². The summed E-state index contributed by atoms with van der Waals surface area (Å²) in [7, 11) is 3.62. The van der Waals surface area contributed by atoms with Gasteiger partial charge in [-0.1, -0.05) is 17.7 Å². The van der Waals surface area contributed by atoms with E-state index >= 15 is 0 Å². The SMILES string of the molecule is Cc1ccc(Cl)c(OCn2ccc(C(=O)N(C)Cc3cnn(C)c3C)n2)c1. The van der Waals surface area contributed by atoms with Gasteiger partial charge in [-0.25, -0.2) is 4.68 Å². The molecule has 0 radical (unpaired) electrons. The van der Waals surface area contributed by atoms with Gasteiger partial charge in [0.25, 0.3) is 5.91 Å². The molecule has 0 N–H and O–H groups in total. The summed E-state index contributed by atoms with van der Waals surface area (Å²) in [4.78, 5) is 14.2. The maximum absolute atomic E-state index is 12.6. The maximum Gasteiger partial charge on any atom is 0.274 e. The van der Waals surface area contributed by atoms with Gasteiger partial charge in [0.1, 0.15) is 5.75 Å². The smallest absolute Gasteiger partial charge is 0.274 e. The molecule has 1 amide bonds. The Morgan fingerprint density at radius 3 is 2.78 bits per heavy atom. The molecule has 0 saturated heterocycles. The van der Waals surface area contributed by atoms with Crippen molar-refractivity contribution >= 4 is 17.5 Å². The van der Waals surface area contributed by atoms with Crippen molar-refractivity contribution in [1.29, 1.82) is 0 Å². The Kier molecular flexibility index (Phi) is 5.51. The van der Waals surface area contributed by atoms with Crippen molar-refractivity contribution in [2.75, 3.05) is 7.05 Å². The van der Waals surface area contributed by atoms with Crippen molar-refractivity contribution in [3.05, 3.63) is 64.2 Å². The van der Waals surface area contributed by atoms with E-state index in [4.69, 9.17) is 16.3 Å². The van der Waals surface area contributed by atoms with Crippen LogP contribution in [0.3, 0.4) is 0 Å². The number of aromatic nitrogens is 4. The second-order valence-electron chi connectivity index (χ2n) is 6.49. The van der Waals surface area contributed by atoms with Crippen molar-refractivity contribution in [2.24, 2.45) is 7.05 Å². The number of nitrogens with zero attached hydrogens (tertiary/aromatic N) is 5. The van der Waals surface area contributed by atoms with Crippen LogP contribution in [0.2, 0.25) is 5.02 Å². The highest BCUT2D eigenvalue weighted by atomic mass is 35.5. The summed E-state index contributed by atoms with van der Waals surface area (Å²) >= 11 is 6.13. The molecule has 0 unspecified atom stereocenters. The second kappa shape index (κ2) is 7.84. The number of hydrogen-bond acceptors (Lipinski definition) is 4. The number of carbonyl (C=O) groups is 1. The number of carbonyl (C=O) groups excluding carboxylic acids is 1. The van der Waals surface area contributed by atoms with Crippen LogP contribution in [0.15, 0.2) is 36.7 Å². The van der Waals surface area contributed by atoms with Gasteiger partial charge in [0.2, 0.25) is 0 Å². The Bertz CT molecular complexity index is 963. The first-order valence-electron chi connectivity index (χ1n) is 8.50. The van der Waals surface area contributed by atoms with Gasteiger partial charge in [-0.15, -0.1) is 0 Å². The second-order valence-corrected chi connectivity index (χ2v) is 6.89. The lowest BCUT2D eigenvalue weighted by molar-refractivity contribution is 0.0777. The summed E-state index contributed by atoms with van der Waals surface area (Å²) in [5.41, 5.74) is 3.45. The molecule has 8 heteroatoms. The standard InChI is InChI=1S/C19H22ClN5O2/c1-13-5-6-16(20)18(9-13)27-12-25-8-7-17(22-25)19(26)23(3)11-15-10-21-24(4)14(15)2/h5-10H,11-12H2,1-4H3. The molecule has 2 aromatic heterocycles. The first kappa shape index (κ1) is 19.0. The van der Waals surface area contributed by atoms with Gasteiger partial charge in [-0.2, -0.15) is 10.2 Å². The van der Waals surface area contributed by atoms with E-state index in [1.54, 1.807) is 45.8 Å². The number of rotatable bonds is 6. The molecule has 0 atom stereocenters. The zero-order chi connectivity index (χ0) is 19.6. The highest BCUT2D eigenvalue weighted by molar-refractivity contribution is 6.32. The van der Waals surface area contributed by atoms with Crippen molar-refractivity contribution in [3.63, 3.8) is 0 Å². The van der Waals surface area contributed by atoms with Crippen LogP contribution in [-0.2, 0) is 20.3 Å². The number of amides is 1. The van der Waals surface area contributed by atoms with Crippen LogP contribution in [-0.4, -0.2) is 37.4 Å². The number of hydrogen-bond donors (Lipinski definition) is 0. The quantitative estimate of drug-likeness (QED) is 0.651. The Balaban J connectivity index is 1.63. The van der Waals surface area contributed by atoms with E-state index < -0.39 is 0 Å². The Morgan fingerprint density at radius 2 is 2.07 bits per heavy atom. The third kappa shape index (κ3) is 4.31. The third-order valence-electron chi connectivity index (χ3n) is 4.39. The van der Waals surface area contributed by atoms with Gasteiger partial charge in [0.05, 0.1) is 11.2 Å². The van der Waals surface area contributed by atoms with Crippen LogP contribution in [0.4, 0.5) is 0 Å². The van der Waals surface area contributed by atoms with Gasteiger partial charge in [-0.3, -0.25) is 9.48 Å². The van der Waals surface area contributed by atoms with Crippen molar-refractivity contribution in [2.45, 2.75) is 27.1 Å². The fourth-order valence-electron chi connectivity index (χ4n) is 2.63. The molecule has 142 valence electrons. The highest BCUT2D eigenvalue weighted by Crippen LogP contribution is 2.25. The molecule has 1 aromatic carbocycles. The number of benzene rings is 1. The van der Waals surface area contributed by atoms with E-state index in [0.29, 0.717) is 23.0 Å². The minimum Gasteiger partial charge on any atom is -0.470 e. The molecule has 0 aliphatic heterocycles. The van der Waals surface area contributed by atoms with Crippen LogP contribution >= 0.6 is 11.6 Å². The molecular formula is C19H22ClN5O2. The van der Waals surface area contributed by atoms with Crippen molar-refractivity contribution in [3.8, 4) is 5.75 Å². The molecule has 0 aliphatic carbocycles. The zero-order valence-corrected chi connectivity index (χ0v) is 16.6. The van der Waals surface area contributed by atoms with E-state index in [2.05, 4.69) is 10.2 Å². The molecule has 0 fully saturated rings. The highest BCUT2D eigenvalue weighted by Gasteiger charge is 2.17. The topological polar surface area (TPSA) is 65.2 Å². The van der Waals surface area contributed by atoms with Crippen LogP contribution < -0.4 is 4.74 Å². The lowest BCUT2D eigenvalue weighted by Crippen LogP contribution is -2.27. The molecule has 0 saturated carbocycles. The van der Waals surface area contributed by atoms with Gasteiger partial charge in [-0.05, 0) is 37.6 Å².